The number of methoxy groups -OCH3 is 1. The number of aryl methyl sites for hydroxylation is 1. The van der Waals surface area contributed by atoms with Gasteiger partial charge in [0.05, 0.1) is 18.8 Å². The molecule has 0 radical (unpaired) electrons. The highest BCUT2D eigenvalue weighted by Gasteiger charge is 2.24. The second-order valence-corrected chi connectivity index (χ2v) is 5.28. The number of thiazole rings is 1. The van der Waals surface area contributed by atoms with E-state index in [1.807, 2.05) is 6.92 Å². The van der Waals surface area contributed by atoms with E-state index in [0.29, 0.717) is 22.1 Å². The number of hydrogen-bond donors (Lipinski definition) is 2. The molecule has 1 aromatic rings. The Kier molecular flexibility index (Phi) is 6.38. The Morgan fingerprint density at radius 2 is 2.30 bits per heavy atom. The van der Waals surface area contributed by atoms with Gasteiger partial charge in [-0.05, 0) is 25.8 Å². The fourth-order valence-corrected chi connectivity index (χ4v) is 2.97. The number of carbonyl (C=O) groups is 2. The summed E-state index contributed by atoms with van der Waals surface area (Å²) in [5.41, 5.74) is 0.659. The summed E-state index contributed by atoms with van der Waals surface area (Å²) in [7, 11) is 1.34. The minimum atomic E-state index is -0.408. The van der Waals surface area contributed by atoms with Crippen LogP contribution in [-0.2, 0) is 16.0 Å². The third-order valence-corrected chi connectivity index (χ3v) is 4.00. The van der Waals surface area contributed by atoms with Gasteiger partial charge in [-0.1, -0.05) is 18.3 Å². The quantitative estimate of drug-likeness (QED) is 0.824. The first-order valence-corrected chi connectivity index (χ1v) is 7.09. The van der Waals surface area contributed by atoms with Crippen molar-refractivity contribution in [3.63, 3.8) is 0 Å². The van der Waals surface area contributed by atoms with E-state index >= 15 is 0 Å². The zero-order valence-corrected chi connectivity index (χ0v) is 13.0. The highest BCUT2D eigenvalue weighted by Crippen LogP contribution is 2.24. The normalized spacial score (nSPS) is 17.4. The third kappa shape index (κ3) is 3.68. The van der Waals surface area contributed by atoms with Crippen LogP contribution < -0.4 is 10.6 Å². The Balaban J connectivity index is 0.00000200. The van der Waals surface area contributed by atoms with E-state index in [4.69, 9.17) is 4.74 Å². The van der Waals surface area contributed by atoms with Gasteiger partial charge in [0, 0.05) is 0 Å². The summed E-state index contributed by atoms with van der Waals surface area (Å²) in [5, 5.41) is 6.33. The molecule has 2 rings (SSSR count). The van der Waals surface area contributed by atoms with E-state index < -0.39 is 5.97 Å². The predicted octanol–water partition coefficient (Wildman–Crippen LogP) is 1.60. The Hall–Kier alpha value is -1.18. The molecule has 1 amide bonds. The van der Waals surface area contributed by atoms with Crippen molar-refractivity contribution in [2.24, 2.45) is 0 Å². The number of ether oxygens (including phenoxy) is 1. The topological polar surface area (TPSA) is 80.3 Å². The lowest BCUT2D eigenvalue weighted by molar-refractivity contribution is -0.117. The maximum Gasteiger partial charge on any atom is 0.350 e. The average Bonchev–Trinajstić information content (AvgIpc) is 3.06. The van der Waals surface area contributed by atoms with Crippen LogP contribution in [0.1, 0.15) is 35.1 Å². The Labute approximate surface area is 127 Å². The van der Waals surface area contributed by atoms with Crippen LogP contribution in [0.5, 0.6) is 0 Å². The number of halogens is 1. The molecule has 0 bridgehead atoms. The van der Waals surface area contributed by atoms with Gasteiger partial charge in [0.2, 0.25) is 5.91 Å². The molecule has 1 atom stereocenters. The molecule has 1 fully saturated rings. The minimum Gasteiger partial charge on any atom is -0.465 e. The second kappa shape index (κ2) is 7.56. The van der Waals surface area contributed by atoms with Crippen molar-refractivity contribution in [1.29, 1.82) is 0 Å². The van der Waals surface area contributed by atoms with Crippen LogP contribution in [0, 0.1) is 0 Å². The monoisotopic (exact) mass is 319 g/mol. The summed E-state index contributed by atoms with van der Waals surface area (Å²) in [6.45, 7) is 2.77. The molecule has 8 heteroatoms. The second-order valence-electron chi connectivity index (χ2n) is 4.28. The molecule has 20 heavy (non-hydrogen) atoms. The summed E-state index contributed by atoms with van der Waals surface area (Å²) in [4.78, 5) is 28.2. The molecule has 1 unspecified atom stereocenters. The van der Waals surface area contributed by atoms with E-state index in [0.717, 1.165) is 30.7 Å². The number of nitrogens with zero attached hydrogens (tertiary/aromatic N) is 1. The van der Waals surface area contributed by atoms with Crippen molar-refractivity contribution in [3.8, 4) is 0 Å². The molecule has 1 aromatic heterocycles. The largest absolute Gasteiger partial charge is 0.465 e. The third-order valence-electron chi connectivity index (χ3n) is 3.01. The summed E-state index contributed by atoms with van der Waals surface area (Å²) in [6, 6.07) is -0.157. The SMILES string of the molecule is CCc1nc(NC(=O)C2CCCN2)sc1C(=O)OC.Cl. The van der Waals surface area contributed by atoms with Crippen LogP contribution in [0.15, 0.2) is 0 Å². The van der Waals surface area contributed by atoms with Gasteiger partial charge < -0.3 is 15.4 Å². The van der Waals surface area contributed by atoms with E-state index in [2.05, 4.69) is 15.6 Å². The van der Waals surface area contributed by atoms with Crippen LogP contribution in [-0.4, -0.2) is 36.6 Å². The van der Waals surface area contributed by atoms with Crippen LogP contribution in [0.25, 0.3) is 0 Å². The van der Waals surface area contributed by atoms with Gasteiger partial charge in [-0.2, -0.15) is 0 Å². The fourth-order valence-electron chi connectivity index (χ4n) is 2.00. The number of nitrogens with one attached hydrogen (secondary N) is 2. The van der Waals surface area contributed by atoms with Crippen molar-refractivity contribution in [2.45, 2.75) is 32.2 Å². The molecule has 6 nitrogen and oxygen atoms in total. The van der Waals surface area contributed by atoms with Gasteiger partial charge in [0.25, 0.3) is 0 Å². The van der Waals surface area contributed by atoms with Crippen molar-refractivity contribution in [3.05, 3.63) is 10.6 Å². The zero-order valence-electron chi connectivity index (χ0n) is 11.4. The van der Waals surface area contributed by atoms with Gasteiger partial charge >= 0.3 is 5.97 Å². The first kappa shape index (κ1) is 16.9. The molecule has 1 aliphatic rings. The van der Waals surface area contributed by atoms with E-state index in [-0.39, 0.29) is 24.4 Å². The smallest absolute Gasteiger partial charge is 0.350 e. The molecule has 112 valence electrons. The van der Waals surface area contributed by atoms with Crippen molar-refractivity contribution >= 4 is 40.8 Å². The molecule has 2 heterocycles. The maximum absolute atomic E-state index is 11.9. The Morgan fingerprint density at radius 1 is 1.55 bits per heavy atom. The Bertz CT molecular complexity index is 486. The molecule has 1 aliphatic heterocycles. The number of carbonyl (C=O) groups excluding carboxylic acids is 2. The van der Waals surface area contributed by atoms with Crippen LogP contribution in [0.3, 0.4) is 0 Å². The fraction of sp³-hybridized carbons (Fsp3) is 0.583. The number of amides is 1. The summed E-state index contributed by atoms with van der Waals surface area (Å²) >= 11 is 1.16. The Morgan fingerprint density at radius 3 is 2.85 bits per heavy atom. The molecule has 2 N–H and O–H groups in total. The van der Waals surface area contributed by atoms with E-state index in [1.54, 1.807) is 0 Å². The molecule has 0 aromatic carbocycles. The lowest BCUT2D eigenvalue weighted by Crippen LogP contribution is -2.35. The first-order chi connectivity index (χ1) is 9.15. The number of anilines is 1. The van der Waals surface area contributed by atoms with Gasteiger partial charge in [-0.3, -0.25) is 4.79 Å². The van der Waals surface area contributed by atoms with E-state index in [1.165, 1.54) is 7.11 Å². The predicted molar refractivity (Wildman–Crippen MR) is 79.7 cm³/mol. The van der Waals surface area contributed by atoms with Crippen LogP contribution in [0.4, 0.5) is 5.13 Å². The first-order valence-electron chi connectivity index (χ1n) is 6.28. The van der Waals surface area contributed by atoms with Gasteiger partial charge in [0.1, 0.15) is 4.88 Å². The highest BCUT2D eigenvalue weighted by molar-refractivity contribution is 7.17. The maximum atomic E-state index is 11.9. The van der Waals surface area contributed by atoms with Crippen molar-refractivity contribution in [2.75, 3.05) is 19.0 Å². The zero-order chi connectivity index (χ0) is 13.8. The average molecular weight is 320 g/mol. The standard InChI is InChI=1S/C12H17N3O3S.ClH/c1-3-7-9(11(17)18-2)19-12(14-7)15-10(16)8-5-4-6-13-8;/h8,13H,3-6H2,1-2H3,(H,14,15,16);1H. The molecule has 0 spiro atoms. The summed E-state index contributed by atoms with van der Waals surface area (Å²) in [6.07, 6.45) is 2.46. The summed E-state index contributed by atoms with van der Waals surface area (Å²) in [5.74, 6) is -0.501. The number of aromatic nitrogens is 1. The lowest BCUT2D eigenvalue weighted by atomic mass is 10.2. The number of esters is 1. The summed E-state index contributed by atoms with van der Waals surface area (Å²) < 4.78 is 4.70. The molecular formula is C12H18ClN3O3S. The van der Waals surface area contributed by atoms with Gasteiger partial charge in [-0.15, -0.1) is 12.4 Å². The molecule has 1 saturated heterocycles. The molecule has 0 aliphatic carbocycles. The lowest BCUT2D eigenvalue weighted by Gasteiger charge is -2.08. The van der Waals surface area contributed by atoms with Crippen LogP contribution in [0.2, 0.25) is 0 Å². The van der Waals surface area contributed by atoms with Crippen molar-refractivity contribution < 1.29 is 14.3 Å². The van der Waals surface area contributed by atoms with Gasteiger partial charge in [0.15, 0.2) is 5.13 Å². The molecule has 0 saturated carbocycles. The van der Waals surface area contributed by atoms with Gasteiger partial charge in [-0.25, -0.2) is 9.78 Å². The number of hydrogen-bond acceptors (Lipinski definition) is 6. The molecular weight excluding hydrogens is 302 g/mol. The number of rotatable bonds is 4. The van der Waals surface area contributed by atoms with Crippen LogP contribution >= 0.6 is 23.7 Å². The highest BCUT2D eigenvalue weighted by atomic mass is 35.5. The minimum absolute atomic E-state index is 0. The van der Waals surface area contributed by atoms with E-state index in [9.17, 15) is 9.59 Å². The van der Waals surface area contributed by atoms with Crippen molar-refractivity contribution in [1.82, 2.24) is 10.3 Å².